The van der Waals surface area contributed by atoms with Crippen molar-refractivity contribution in [3.8, 4) is 11.3 Å². The monoisotopic (exact) mass is 188 g/mol. The Morgan fingerprint density at radius 2 is 1.71 bits per heavy atom. The van der Waals surface area contributed by atoms with Gasteiger partial charge in [0.05, 0.1) is 6.26 Å². The lowest BCUT2D eigenvalue weighted by Crippen LogP contribution is -2.29. The zero-order valence-corrected chi connectivity index (χ0v) is 7.42. The van der Waals surface area contributed by atoms with Gasteiger partial charge in [-0.05, 0) is 17.6 Å². The van der Waals surface area contributed by atoms with Crippen LogP contribution in [0.4, 0.5) is 0 Å². The molecule has 2 N–H and O–H groups in total. The molecule has 0 saturated heterocycles. The van der Waals surface area contributed by atoms with E-state index in [2.05, 4.69) is 0 Å². The highest BCUT2D eigenvalue weighted by Crippen LogP contribution is 2.17. The molecule has 2 aromatic rings. The van der Waals surface area contributed by atoms with Crippen LogP contribution in [0.5, 0.6) is 0 Å². The van der Waals surface area contributed by atoms with Gasteiger partial charge in [-0.25, -0.2) is 0 Å². The topological polar surface area (TPSA) is 53.6 Å². The van der Waals surface area contributed by atoms with Crippen LogP contribution in [0, 0.1) is 0 Å². The maximum atomic E-state index is 8.88. The fourth-order valence-electron chi connectivity index (χ4n) is 1.26. The number of hydrogen-bond acceptors (Lipinski definition) is 3. The first-order chi connectivity index (χ1) is 6.77. The van der Waals surface area contributed by atoms with Gasteiger partial charge in [-0.1, -0.05) is 24.3 Å². The van der Waals surface area contributed by atoms with Gasteiger partial charge in [0.25, 0.3) is 0 Å². The van der Waals surface area contributed by atoms with Crippen LogP contribution in [-0.4, -0.2) is 17.2 Å². The number of rotatable bonds is 2. The van der Waals surface area contributed by atoms with Crippen LogP contribution >= 0.6 is 0 Å². The van der Waals surface area contributed by atoms with E-state index in [0.717, 1.165) is 11.3 Å². The molecule has 0 fully saturated rings. The van der Waals surface area contributed by atoms with E-state index in [1.54, 1.807) is 30.5 Å². The van der Waals surface area contributed by atoms with E-state index in [1.165, 1.54) is 0 Å². The standard InChI is InChI=1S/C10H9BO3/c12-11(13)9-5-3-8(4-6-9)10-2-1-7-14-10/h1-7,12-13H. The Kier molecular flexibility index (Phi) is 2.39. The molecule has 0 aliphatic carbocycles. The zero-order valence-electron chi connectivity index (χ0n) is 7.42. The van der Waals surface area contributed by atoms with Gasteiger partial charge in [0, 0.05) is 5.56 Å². The van der Waals surface area contributed by atoms with Crippen LogP contribution in [-0.2, 0) is 0 Å². The van der Waals surface area contributed by atoms with Gasteiger partial charge < -0.3 is 14.5 Å². The lowest BCUT2D eigenvalue weighted by atomic mass is 9.80. The van der Waals surface area contributed by atoms with Crippen LogP contribution in [0.15, 0.2) is 47.1 Å². The summed E-state index contributed by atoms with van der Waals surface area (Å²) in [6.45, 7) is 0. The minimum absolute atomic E-state index is 0.473. The first kappa shape index (κ1) is 9.06. The first-order valence-electron chi connectivity index (χ1n) is 4.27. The van der Waals surface area contributed by atoms with Crippen molar-refractivity contribution in [1.82, 2.24) is 0 Å². The van der Waals surface area contributed by atoms with Crippen LogP contribution in [0.3, 0.4) is 0 Å². The highest BCUT2D eigenvalue weighted by Gasteiger charge is 2.10. The second kappa shape index (κ2) is 3.70. The number of hydrogen-bond donors (Lipinski definition) is 2. The van der Waals surface area contributed by atoms with Crippen LogP contribution in [0.25, 0.3) is 11.3 Å². The molecule has 1 heterocycles. The van der Waals surface area contributed by atoms with Gasteiger partial charge in [0.2, 0.25) is 0 Å². The normalized spacial score (nSPS) is 10.1. The Bertz CT molecular complexity index is 392. The molecule has 0 aliphatic rings. The number of furan rings is 1. The van der Waals surface area contributed by atoms with Crippen molar-refractivity contribution in [3.05, 3.63) is 42.7 Å². The van der Waals surface area contributed by atoms with E-state index in [1.807, 2.05) is 12.1 Å². The SMILES string of the molecule is OB(O)c1ccc(-c2ccco2)cc1. The molecule has 0 spiro atoms. The lowest BCUT2D eigenvalue weighted by Gasteiger charge is -2.00. The van der Waals surface area contributed by atoms with Gasteiger partial charge in [0.1, 0.15) is 5.76 Å². The summed E-state index contributed by atoms with van der Waals surface area (Å²) in [7, 11) is -1.42. The molecule has 0 amide bonds. The van der Waals surface area contributed by atoms with Gasteiger partial charge >= 0.3 is 7.12 Å². The van der Waals surface area contributed by atoms with E-state index < -0.39 is 7.12 Å². The maximum Gasteiger partial charge on any atom is 0.488 e. The molecule has 2 rings (SSSR count). The van der Waals surface area contributed by atoms with Gasteiger partial charge in [0.15, 0.2) is 0 Å². The summed E-state index contributed by atoms with van der Waals surface area (Å²) in [5.41, 5.74) is 1.39. The van der Waals surface area contributed by atoms with E-state index in [4.69, 9.17) is 14.5 Å². The predicted octanol–water partition coefficient (Wildman–Crippen LogP) is 0.626. The van der Waals surface area contributed by atoms with Crippen molar-refractivity contribution in [3.63, 3.8) is 0 Å². The van der Waals surface area contributed by atoms with E-state index in [9.17, 15) is 0 Å². The molecule has 3 nitrogen and oxygen atoms in total. The highest BCUT2D eigenvalue weighted by atomic mass is 16.4. The van der Waals surface area contributed by atoms with Crippen molar-refractivity contribution >= 4 is 12.6 Å². The zero-order chi connectivity index (χ0) is 9.97. The third kappa shape index (κ3) is 1.71. The van der Waals surface area contributed by atoms with Crippen molar-refractivity contribution in [2.75, 3.05) is 0 Å². The average molecular weight is 188 g/mol. The fraction of sp³-hybridized carbons (Fsp3) is 0. The number of benzene rings is 1. The van der Waals surface area contributed by atoms with Crippen LogP contribution in [0.1, 0.15) is 0 Å². The molecule has 0 aliphatic heterocycles. The van der Waals surface area contributed by atoms with E-state index in [0.29, 0.717) is 5.46 Å². The Morgan fingerprint density at radius 3 is 2.21 bits per heavy atom. The quantitative estimate of drug-likeness (QED) is 0.679. The first-order valence-corrected chi connectivity index (χ1v) is 4.27. The Balaban J connectivity index is 2.31. The summed E-state index contributed by atoms with van der Waals surface area (Å²) in [5, 5.41) is 17.8. The molecule has 0 unspecified atom stereocenters. The molecule has 14 heavy (non-hydrogen) atoms. The summed E-state index contributed by atoms with van der Waals surface area (Å²) < 4.78 is 5.19. The molecule has 1 aromatic carbocycles. The van der Waals surface area contributed by atoms with E-state index in [-0.39, 0.29) is 0 Å². The summed E-state index contributed by atoms with van der Waals surface area (Å²) in [6.07, 6.45) is 1.60. The van der Waals surface area contributed by atoms with Crippen molar-refractivity contribution in [2.24, 2.45) is 0 Å². The minimum Gasteiger partial charge on any atom is -0.464 e. The summed E-state index contributed by atoms with van der Waals surface area (Å²) >= 11 is 0. The second-order valence-electron chi connectivity index (χ2n) is 2.97. The molecule has 70 valence electrons. The Hall–Kier alpha value is -1.52. The van der Waals surface area contributed by atoms with Gasteiger partial charge in [-0.15, -0.1) is 0 Å². The van der Waals surface area contributed by atoms with E-state index >= 15 is 0 Å². The third-order valence-electron chi connectivity index (χ3n) is 2.01. The Morgan fingerprint density at radius 1 is 1.00 bits per heavy atom. The summed E-state index contributed by atoms with van der Waals surface area (Å²) in [6, 6.07) is 10.5. The fourth-order valence-corrected chi connectivity index (χ4v) is 1.26. The summed E-state index contributed by atoms with van der Waals surface area (Å²) in [4.78, 5) is 0. The molecular formula is C10H9BO3. The largest absolute Gasteiger partial charge is 0.488 e. The second-order valence-corrected chi connectivity index (χ2v) is 2.97. The van der Waals surface area contributed by atoms with Gasteiger partial charge in [-0.3, -0.25) is 0 Å². The minimum atomic E-state index is -1.42. The Labute approximate surface area is 81.8 Å². The van der Waals surface area contributed by atoms with Crippen LogP contribution in [0.2, 0.25) is 0 Å². The average Bonchev–Trinajstić information content (AvgIpc) is 2.71. The van der Waals surface area contributed by atoms with Gasteiger partial charge in [-0.2, -0.15) is 0 Å². The molecular weight excluding hydrogens is 179 g/mol. The molecule has 1 aromatic heterocycles. The molecule has 0 saturated carbocycles. The van der Waals surface area contributed by atoms with Crippen LogP contribution < -0.4 is 5.46 Å². The smallest absolute Gasteiger partial charge is 0.464 e. The molecule has 0 atom stereocenters. The third-order valence-corrected chi connectivity index (χ3v) is 2.01. The lowest BCUT2D eigenvalue weighted by molar-refractivity contribution is 0.426. The molecule has 0 bridgehead atoms. The van der Waals surface area contributed by atoms with Crippen molar-refractivity contribution < 1.29 is 14.5 Å². The highest BCUT2D eigenvalue weighted by molar-refractivity contribution is 6.58. The molecule has 4 heteroatoms. The van der Waals surface area contributed by atoms with Crippen molar-refractivity contribution in [2.45, 2.75) is 0 Å². The summed E-state index contributed by atoms with van der Waals surface area (Å²) in [5.74, 6) is 0.768. The van der Waals surface area contributed by atoms with Crippen molar-refractivity contribution in [1.29, 1.82) is 0 Å². The maximum absolute atomic E-state index is 8.88. The molecule has 0 radical (unpaired) electrons. The predicted molar refractivity (Wildman–Crippen MR) is 54.0 cm³/mol.